The molecule has 2 rings (SSSR count). The van der Waals surface area contributed by atoms with Crippen LogP contribution in [0.3, 0.4) is 0 Å². The minimum atomic E-state index is 0. The molecule has 2 N–H and O–H groups in total. The van der Waals surface area contributed by atoms with Gasteiger partial charge in [-0.05, 0) is 26.2 Å². The Bertz CT molecular complexity index is 713. The molecule has 1 aromatic carbocycles. The quantitative estimate of drug-likeness (QED) is 0.304. The van der Waals surface area contributed by atoms with Crippen molar-refractivity contribution in [2.45, 2.75) is 46.8 Å². The molecular weight excluding hydrogens is 467 g/mol. The second-order valence-corrected chi connectivity index (χ2v) is 6.86. The van der Waals surface area contributed by atoms with Gasteiger partial charge in [0, 0.05) is 25.8 Å². The van der Waals surface area contributed by atoms with Crippen molar-refractivity contribution in [3.05, 3.63) is 41.9 Å². The Hall–Kier alpha value is -1.61. The van der Waals surface area contributed by atoms with E-state index in [-0.39, 0.29) is 30.1 Å². The van der Waals surface area contributed by atoms with E-state index < -0.39 is 0 Å². The molecule has 0 aliphatic rings. The van der Waals surface area contributed by atoms with E-state index in [1.165, 1.54) is 5.56 Å². The van der Waals surface area contributed by atoms with E-state index in [2.05, 4.69) is 53.5 Å². The van der Waals surface area contributed by atoms with Crippen LogP contribution in [0.1, 0.15) is 38.6 Å². The number of aryl methyl sites for hydroxylation is 1. The van der Waals surface area contributed by atoms with Crippen LogP contribution in [0.15, 0.2) is 39.9 Å². The molecule has 7 heteroatoms. The number of aliphatic imine (C=N–C) groups is 1. The normalized spacial score (nSPS) is 12.6. The molecule has 2 aromatic rings. The minimum absolute atomic E-state index is 0. The summed E-state index contributed by atoms with van der Waals surface area (Å²) in [5.74, 6) is 2.62. The van der Waals surface area contributed by atoms with Gasteiger partial charge >= 0.3 is 0 Å². The lowest BCUT2D eigenvalue weighted by Gasteiger charge is -2.21. The van der Waals surface area contributed by atoms with E-state index >= 15 is 0 Å². The Morgan fingerprint density at radius 1 is 1.21 bits per heavy atom. The van der Waals surface area contributed by atoms with Gasteiger partial charge in [-0.1, -0.05) is 43.7 Å². The van der Waals surface area contributed by atoms with Crippen LogP contribution in [0.2, 0.25) is 0 Å². The van der Waals surface area contributed by atoms with E-state index in [9.17, 15) is 0 Å². The maximum atomic E-state index is 5.83. The smallest absolute Gasteiger partial charge is 0.214 e. The molecule has 0 radical (unpaired) electrons. The second kappa shape index (κ2) is 12.8. The summed E-state index contributed by atoms with van der Waals surface area (Å²) >= 11 is 0. The highest BCUT2D eigenvalue weighted by molar-refractivity contribution is 14.0. The van der Waals surface area contributed by atoms with Crippen LogP contribution < -0.4 is 10.6 Å². The Morgan fingerprint density at radius 3 is 2.54 bits per heavy atom. The molecule has 0 aliphatic heterocycles. The highest BCUT2D eigenvalue weighted by atomic mass is 127. The third-order valence-corrected chi connectivity index (χ3v) is 4.37. The molecule has 0 bridgehead atoms. The van der Waals surface area contributed by atoms with Crippen LogP contribution in [-0.4, -0.2) is 37.2 Å². The van der Waals surface area contributed by atoms with Gasteiger partial charge in [-0.3, -0.25) is 4.99 Å². The Kier molecular flexibility index (Phi) is 11.1. The first-order valence-electron chi connectivity index (χ1n) is 9.61. The summed E-state index contributed by atoms with van der Waals surface area (Å²) in [4.78, 5) is 8.59. The average molecular weight is 500 g/mol. The minimum Gasteiger partial charge on any atom is -0.439 e. The fraction of sp³-hybridized carbons (Fsp3) is 0.524. The van der Waals surface area contributed by atoms with E-state index in [0.717, 1.165) is 36.9 Å². The molecule has 0 saturated carbocycles. The van der Waals surface area contributed by atoms with Gasteiger partial charge < -0.3 is 19.8 Å². The van der Waals surface area contributed by atoms with Crippen molar-refractivity contribution in [3.63, 3.8) is 0 Å². The van der Waals surface area contributed by atoms with E-state index in [0.29, 0.717) is 18.4 Å². The lowest BCUT2D eigenvalue weighted by Crippen LogP contribution is -2.39. The molecular formula is C21H33IN4O2. The Balaban J connectivity index is 0.00000392. The van der Waals surface area contributed by atoms with E-state index in [1.807, 2.05) is 19.1 Å². The van der Waals surface area contributed by atoms with Gasteiger partial charge in [0.2, 0.25) is 5.89 Å². The molecule has 1 unspecified atom stereocenters. The van der Waals surface area contributed by atoms with Crippen LogP contribution in [0, 0.1) is 12.8 Å². The summed E-state index contributed by atoms with van der Waals surface area (Å²) in [5, 5.41) is 6.55. The maximum absolute atomic E-state index is 5.83. The van der Waals surface area contributed by atoms with Crippen molar-refractivity contribution >= 4 is 29.9 Å². The zero-order chi connectivity index (χ0) is 19.6. The largest absolute Gasteiger partial charge is 0.439 e. The molecule has 0 saturated heterocycles. The fourth-order valence-corrected chi connectivity index (χ4v) is 2.78. The SMILES string of the molecule is CCOC(CCNC(=NC)NCc1ncc(-c2ccc(C)cc2)o1)C(C)C.I. The Labute approximate surface area is 185 Å². The van der Waals surface area contributed by atoms with Gasteiger partial charge in [-0.15, -0.1) is 24.0 Å². The Morgan fingerprint density at radius 2 is 1.93 bits per heavy atom. The fourth-order valence-electron chi connectivity index (χ4n) is 2.78. The number of rotatable bonds is 9. The van der Waals surface area contributed by atoms with Crippen LogP contribution >= 0.6 is 24.0 Å². The van der Waals surface area contributed by atoms with E-state index in [4.69, 9.17) is 9.15 Å². The van der Waals surface area contributed by atoms with Gasteiger partial charge in [0.1, 0.15) is 0 Å². The molecule has 0 aliphatic carbocycles. The number of hydrogen-bond donors (Lipinski definition) is 2. The predicted molar refractivity (Wildman–Crippen MR) is 125 cm³/mol. The van der Waals surface area contributed by atoms with Gasteiger partial charge in [-0.25, -0.2) is 4.98 Å². The number of ether oxygens (including phenoxy) is 1. The number of benzene rings is 1. The van der Waals surface area contributed by atoms with Crippen LogP contribution in [0.5, 0.6) is 0 Å². The topological polar surface area (TPSA) is 71.7 Å². The summed E-state index contributed by atoms with van der Waals surface area (Å²) in [7, 11) is 1.76. The molecule has 6 nitrogen and oxygen atoms in total. The zero-order valence-electron chi connectivity index (χ0n) is 17.5. The summed E-state index contributed by atoms with van der Waals surface area (Å²) in [6.45, 7) is 10.5. The summed E-state index contributed by atoms with van der Waals surface area (Å²) in [5.41, 5.74) is 2.25. The van der Waals surface area contributed by atoms with Crippen molar-refractivity contribution < 1.29 is 9.15 Å². The third kappa shape index (κ3) is 7.79. The first-order chi connectivity index (χ1) is 13.0. The molecule has 1 atom stereocenters. The van der Waals surface area contributed by atoms with Crippen LogP contribution in [0.4, 0.5) is 0 Å². The van der Waals surface area contributed by atoms with Gasteiger partial charge in [-0.2, -0.15) is 0 Å². The van der Waals surface area contributed by atoms with Crippen LogP contribution in [-0.2, 0) is 11.3 Å². The number of nitrogens with zero attached hydrogens (tertiary/aromatic N) is 2. The molecule has 156 valence electrons. The lowest BCUT2D eigenvalue weighted by atomic mass is 10.0. The monoisotopic (exact) mass is 500 g/mol. The molecule has 1 aromatic heterocycles. The number of aromatic nitrogens is 1. The summed E-state index contributed by atoms with van der Waals surface area (Å²) in [6, 6.07) is 8.20. The number of halogens is 1. The first-order valence-corrected chi connectivity index (χ1v) is 9.61. The lowest BCUT2D eigenvalue weighted by molar-refractivity contribution is 0.0258. The van der Waals surface area contributed by atoms with E-state index in [1.54, 1.807) is 13.2 Å². The van der Waals surface area contributed by atoms with Crippen molar-refractivity contribution in [1.29, 1.82) is 0 Å². The average Bonchev–Trinajstić information content (AvgIpc) is 3.13. The number of hydrogen-bond acceptors (Lipinski definition) is 4. The van der Waals surface area contributed by atoms with Crippen molar-refractivity contribution in [2.24, 2.45) is 10.9 Å². The maximum Gasteiger partial charge on any atom is 0.214 e. The number of oxazole rings is 1. The first kappa shape index (κ1) is 24.4. The molecule has 0 fully saturated rings. The molecule has 1 heterocycles. The van der Waals surface area contributed by atoms with Crippen LogP contribution in [0.25, 0.3) is 11.3 Å². The summed E-state index contributed by atoms with van der Waals surface area (Å²) in [6.07, 6.45) is 2.94. The number of guanidine groups is 1. The van der Waals surface area contributed by atoms with Crippen molar-refractivity contribution in [1.82, 2.24) is 15.6 Å². The van der Waals surface area contributed by atoms with Gasteiger partial charge in [0.15, 0.2) is 11.7 Å². The molecule has 28 heavy (non-hydrogen) atoms. The standard InChI is InChI=1S/C21H32N4O2.HI/c1-6-26-18(15(2)3)11-12-23-21(22-5)25-14-20-24-13-19(27-20)17-9-7-16(4)8-10-17;/h7-10,13,15,18H,6,11-12,14H2,1-5H3,(H2,22,23,25);1H. The third-order valence-electron chi connectivity index (χ3n) is 4.37. The van der Waals surface area contributed by atoms with Gasteiger partial charge in [0.25, 0.3) is 0 Å². The molecule has 0 spiro atoms. The van der Waals surface area contributed by atoms with Crippen molar-refractivity contribution in [2.75, 3.05) is 20.2 Å². The van der Waals surface area contributed by atoms with Crippen molar-refractivity contribution in [3.8, 4) is 11.3 Å². The highest BCUT2D eigenvalue weighted by Gasteiger charge is 2.13. The zero-order valence-corrected chi connectivity index (χ0v) is 19.8. The predicted octanol–water partition coefficient (Wildman–Crippen LogP) is 4.38. The number of nitrogens with one attached hydrogen (secondary N) is 2. The summed E-state index contributed by atoms with van der Waals surface area (Å²) < 4.78 is 11.6. The van der Waals surface area contributed by atoms with Gasteiger partial charge in [0.05, 0.1) is 18.8 Å². The highest BCUT2D eigenvalue weighted by Crippen LogP contribution is 2.20. The molecule has 0 amide bonds. The second-order valence-electron chi connectivity index (χ2n) is 6.86.